The van der Waals surface area contributed by atoms with E-state index in [-0.39, 0.29) is 16.9 Å². The van der Waals surface area contributed by atoms with Crippen molar-refractivity contribution in [2.24, 2.45) is 5.10 Å². The number of nitrogens with one attached hydrogen (secondary N) is 1. The number of halogens is 1. The molecule has 0 bridgehead atoms. The van der Waals surface area contributed by atoms with Crippen LogP contribution in [-0.4, -0.2) is 53.2 Å². The number of rotatable bonds is 7. The highest BCUT2D eigenvalue weighted by atomic mass is 35.5. The van der Waals surface area contributed by atoms with Crippen LogP contribution in [0.5, 0.6) is 5.75 Å². The molecule has 1 amide bonds. The fraction of sp³-hybridized carbons (Fsp3) is 0.194. The second-order valence-corrected chi connectivity index (χ2v) is 10.0. The van der Waals surface area contributed by atoms with Gasteiger partial charge in [-0.25, -0.2) is 5.43 Å². The van der Waals surface area contributed by atoms with Gasteiger partial charge in [-0.1, -0.05) is 60.1 Å². The molecule has 8 heteroatoms. The zero-order valence-electron chi connectivity index (χ0n) is 21.3. The first-order valence-electron chi connectivity index (χ1n) is 12.8. The molecule has 7 nitrogen and oxygen atoms in total. The summed E-state index contributed by atoms with van der Waals surface area (Å²) in [6.07, 6.45) is 1.63. The zero-order chi connectivity index (χ0) is 27.2. The van der Waals surface area contributed by atoms with E-state index in [0.717, 1.165) is 60.6 Å². The molecule has 39 heavy (non-hydrogen) atoms. The summed E-state index contributed by atoms with van der Waals surface area (Å²) in [5.74, 6) is -0.622. The Labute approximate surface area is 232 Å². The van der Waals surface area contributed by atoms with Crippen LogP contribution >= 0.6 is 11.6 Å². The van der Waals surface area contributed by atoms with Crippen molar-refractivity contribution in [3.05, 3.63) is 112 Å². The third kappa shape index (κ3) is 6.44. The Morgan fingerprint density at radius 3 is 2.38 bits per heavy atom. The molecule has 0 aliphatic carbocycles. The van der Waals surface area contributed by atoms with Gasteiger partial charge >= 0.3 is 0 Å². The molecule has 5 rings (SSSR count). The Bertz CT molecular complexity index is 1550. The molecule has 1 aliphatic heterocycles. The number of nitrogens with zero attached hydrogens (tertiary/aromatic N) is 4. The van der Waals surface area contributed by atoms with Gasteiger partial charge < -0.3 is 5.11 Å². The Hall–Kier alpha value is -4.22. The molecule has 0 unspecified atom stereocenters. The predicted molar refractivity (Wildman–Crippen MR) is 154 cm³/mol. The number of benzene rings is 4. The number of phenolic OH excluding ortho intramolecular Hbond substituents is 1. The lowest BCUT2D eigenvalue weighted by Crippen LogP contribution is -2.45. The number of fused-ring (bicyclic) bond motifs is 1. The van der Waals surface area contributed by atoms with E-state index in [1.807, 2.05) is 30.3 Å². The number of carbonyl (C=O) groups excluding carboxylic acids is 1. The molecule has 0 saturated carbocycles. The highest BCUT2D eigenvalue weighted by molar-refractivity contribution is 6.30. The third-order valence-corrected chi connectivity index (χ3v) is 7.23. The van der Waals surface area contributed by atoms with Crippen molar-refractivity contribution in [3.8, 4) is 11.8 Å². The van der Waals surface area contributed by atoms with E-state index in [2.05, 4.69) is 56.7 Å². The van der Waals surface area contributed by atoms with Crippen molar-refractivity contribution in [1.82, 2.24) is 15.2 Å². The minimum atomic E-state index is -0.459. The van der Waals surface area contributed by atoms with Crippen LogP contribution in [0.25, 0.3) is 10.8 Å². The molecule has 196 valence electrons. The lowest BCUT2D eigenvalue weighted by molar-refractivity contribution is 0.0955. The van der Waals surface area contributed by atoms with E-state index in [9.17, 15) is 9.90 Å². The van der Waals surface area contributed by atoms with E-state index < -0.39 is 5.91 Å². The predicted octanol–water partition coefficient (Wildman–Crippen LogP) is 5.15. The van der Waals surface area contributed by atoms with E-state index in [4.69, 9.17) is 16.9 Å². The van der Waals surface area contributed by atoms with Crippen molar-refractivity contribution in [1.29, 1.82) is 5.26 Å². The van der Waals surface area contributed by atoms with Gasteiger partial charge in [-0.3, -0.25) is 14.6 Å². The molecule has 0 spiro atoms. The summed E-state index contributed by atoms with van der Waals surface area (Å²) in [7, 11) is 0. The van der Waals surface area contributed by atoms with Crippen molar-refractivity contribution in [2.75, 3.05) is 26.2 Å². The van der Waals surface area contributed by atoms with Gasteiger partial charge in [0.25, 0.3) is 5.91 Å². The average molecular weight is 538 g/mol. The number of amides is 1. The quantitative estimate of drug-likeness (QED) is 0.251. The first-order valence-corrected chi connectivity index (χ1v) is 13.1. The van der Waals surface area contributed by atoms with Gasteiger partial charge in [0.1, 0.15) is 11.8 Å². The Morgan fingerprint density at radius 2 is 1.64 bits per heavy atom. The first-order chi connectivity index (χ1) is 19.0. The van der Waals surface area contributed by atoms with Crippen molar-refractivity contribution >= 4 is 34.5 Å². The molecule has 4 aromatic rings. The Morgan fingerprint density at radius 1 is 0.949 bits per heavy atom. The largest absolute Gasteiger partial charge is 0.507 e. The smallest absolute Gasteiger partial charge is 0.271 e. The van der Waals surface area contributed by atoms with E-state index in [1.54, 1.807) is 6.21 Å². The summed E-state index contributed by atoms with van der Waals surface area (Å²) in [6.45, 7) is 5.84. The van der Waals surface area contributed by atoms with Gasteiger partial charge in [-0.2, -0.15) is 10.4 Å². The molecule has 1 saturated heterocycles. The number of carbonyl (C=O) groups is 1. The van der Waals surface area contributed by atoms with E-state index >= 15 is 0 Å². The maximum Gasteiger partial charge on any atom is 0.271 e. The normalized spacial score (nSPS) is 14.5. The standard InChI is InChI=1S/C31H28ClN5O2/c32-27-10-7-22(8-11-27)20-36-13-15-37(16-14-36)21-25-4-2-5-28-24(3-1-6-29(25)28)19-34-35-31(39)23-9-12-30(38)26(17-23)18-33/h1-12,17,19,38H,13-16,20-21H2,(H,35,39). The van der Waals surface area contributed by atoms with E-state index in [1.165, 1.54) is 29.3 Å². The lowest BCUT2D eigenvalue weighted by atomic mass is 10.00. The summed E-state index contributed by atoms with van der Waals surface area (Å²) in [6, 6.07) is 26.4. The topological polar surface area (TPSA) is 92.0 Å². The molecule has 2 N–H and O–H groups in total. The number of piperazine rings is 1. The average Bonchev–Trinajstić information content (AvgIpc) is 2.96. The molecule has 1 fully saturated rings. The second-order valence-electron chi connectivity index (χ2n) is 9.58. The van der Waals surface area contributed by atoms with Crippen LogP contribution in [0.2, 0.25) is 5.02 Å². The van der Waals surface area contributed by atoms with Crippen molar-refractivity contribution in [3.63, 3.8) is 0 Å². The molecular formula is C31H28ClN5O2. The van der Waals surface area contributed by atoms with Gasteiger partial charge in [0, 0.05) is 55.4 Å². The van der Waals surface area contributed by atoms with E-state index in [0.29, 0.717) is 0 Å². The maximum absolute atomic E-state index is 12.5. The molecule has 0 atom stereocenters. The summed E-state index contributed by atoms with van der Waals surface area (Å²) in [5, 5.41) is 25.9. The SMILES string of the molecule is N#Cc1cc(C(=O)NN=Cc2cccc3c(CN4CCN(Cc5ccc(Cl)cc5)CC4)cccc23)ccc1O. The number of phenols is 1. The summed E-state index contributed by atoms with van der Waals surface area (Å²) < 4.78 is 0. The number of hydrogen-bond acceptors (Lipinski definition) is 6. The van der Waals surface area contributed by atoms with Crippen molar-refractivity contribution in [2.45, 2.75) is 13.1 Å². The number of hydrazone groups is 1. The van der Waals surface area contributed by atoms with Crippen LogP contribution in [0.4, 0.5) is 0 Å². The highest BCUT2D eigenvalue weighted by Gasteiger charge is 2.18. The van der Waals surface area contributed by atoms with Gasteiger partial charge in [0.05, 0.1) is 11.8 Å². The van der Waals surface area contributed by atoms with Crippen LogP contribution in [0.15, 0.2) is 84.0 Å². The first kappa shape index (κ1) is 26.4. The van der Waals surface area contributed by atoms with Crippen LogP contribution in [0.1, 0.15) is 32.6 Å². The van der Waals surface area contributed by atoms with Crippen LogP contribution in [0, 0.1) is 11.3 Å². The summed E-state index contributed by atoms with van der Waals surface area (Å²) in [5.41, 5.74) is 6.22. The summed E-state index contributed by atoms with van der Waals surface area (Å²) >= 11 is 6.02. The fourth-order valence-electron chi connectivity index (χ4n) is 4.84. The van der Waals surface area contributed by atoms with Gasteiger partial charge in [0.2, 0.25) is 0 Å². The zero-order valence-corrected chi connectivity index (χ0v) is 22.1. The van der Waals surface area contributed by atoms with Gasteiger partial charge in [0.15, 0.2) is 0 Å². The lowest BCUT2D eigenvalue weighted by Gasteiger charge is -2.35. The number of aromatic hydroxyl groups is 1. The monoisotopic (exact) mass is 537 g/mol. The number of hydrogen-bond donors (Lipinski definition) is 2. The molecule has 0 aromatic heterocycles. The van der Waals surface area contributed by atoms with Crippen LogP contribution in [0.3, 0.4) is 0 Å². The highest BCUT2D eigenvalue weighted by Crippen LogP contribution is 2.24. The van der Waals surface area contributed by atoms with Crippen LogP contribution < -0.4 is 5.43 Å². The molecular weight excluding hydrogens is 510 g/mol. The summed E-state index contributed by atoms with van der Waals surface area (Å²) in [4.78, 5) is 17.4. The minimum absolute atomic E-state index is 0.0381. The third-order valence-electron chi connectivity index (χ3n) is 6.97. The molecule has 1 aliphatic rings. The Kier molecular flexibility index (Phi) is 8.18. The molecule has 0 radical (unpaired) electrons. The van der Waals surface area contributed by atoms with Crippen molar-refractivity contribution < 1.29 is 9.90 Å². The Balaban J connectivity index is 1.22. The molecule has 1 heterocycles. The van der Waals surface area contributed by atoms with Gasteiger partial charge in [-0.05, 0) is 52.2 Å². The number of nitriles is 1. The maximum atomic E-state index is 12.5. The van der Waals surface area contributed by atoms with Crippen LogP contribution in [-0.2, 0) is 13.1 Å². The fourth-order valence-corrected chi connectivity index (χ4v) is 4.96. The second kappa shape index (κ2) is 12.1. The van der Waals surface area contributed by atoms with Gasteiger partial charge in [-0.15, -0.1) is 0 Å². The minimum Gasteiger partial charge on any atom is -0.507 e. The molecule has 4 aromatic carbocycles.